The molecule has 156 valence electrons. The average molecular weight is 417 g/mol. The fourth-order valence-corrected chi connectivity index (χ4v) is 5.39. The van der Waals surface area contributed by atoms with Crippen molar-refractivity contribution in [2.24, 2.45) is 5.92 Å². The van der Waals surface area contributed by atoms with Crippen LogP contribution in [0.25, 0.3) is 0 Å². The van der Waals surface area contributed by atoms with Crippen LogP contribution in [0.15, 0.2) is 23.4 Å². The van der Waals surface area contributed by atoms with E-state index in [9.17, 15) is 4.79 Å². The molecule has 1 fully saturated rings. The van der Waals surface area contributed by atoms with E-state index in [1.165, 1.54) is 16.4 Å². The summed E-state index contributed by atoms with van der Waals surface area (Å²) in [5, 5.41) is 4.83. The highest BCUT2D eigenvalue weighted by atomic mass is 32.2. The van der Waals surface area contributed by atoms with E-state index in [-0.39, 0.29) is 17.2 Å². The van der Waals surface area contributed by atoms with Crippen molar-refractivity contribution in [1.29, 1.82) is 0 Å². The Hall–Kier alpha value is -2.06. The summed E-state index contributed by atoms with van der Waals surface area (Å²) in [7, 11) is 3.27. The van der Waals surface area contributed by atoms with Crippen molar-refractivity contribution in [3.05, 3.63) is 29.6 Å². The number of hydrogen-bond donors (Lipinski definition) is 0. The maximum absolute atomic E-state index is 13.3. The number of aromatic nitrogens is 3. The minimum absolute atomic E-state index is 0.00982. The largest absolute Gasteiger partial charge is 0.493 e. The van der Waals surface area contributed by atoms with Gasteiger partial charge in [-0.25, -0.2) is 4.98 Å². The molecule has 8 heteroatoms. The summed E-state index contributed by atoms with van der Waals surface area (Å²) in [5.74, 6) is 2.81. The molecule has 2 aliphatic rings. The number of thioether (sulfide) groups is 1. The second-order valence-electron chi connectivity index (χ2n) is 7.73. The molecule has 0 amide bonds. The third-order valence-corrected chi connectivity index (χ3v) is 7.06. The third kappa shape index (κ3) is 3.75. The summed E-state index contributed by atoms with van der Waals surface area (Å²) in [4.78, 5) is 20.3. The molecule has 0 saturated carbocycles. The van der Waals surface area contributed by atoms with Gasteiger partial charge in [0.25, 0.3) is 5.91 Å². The fourth-order valence-electron chi connectivity index (χ4n) is 4.11. The number of nitrogens with zero attached hydrogens (tertiary/aromatic N) is 4. The average Bonchev–Trinajstić information content (AvgIpc) is 3.28. The van der Waals surface area contributed by atoms with Crippen LogP contribution in [0.1, 0.15) is 48.9 Å². The number of hydrogen-bond acceptors (Lipinski definition) is 7. The lowest BCUT2D eigenvalue weighted by atomic mass is 9.94. The van der Waals surface area contributed by atoms with Gasteiger partial charge >= 0.3 is 0 Å². The first-order valence-electron chi connectivity index (χ1n) is 10.2. The number of carbonyl (C=O) groups is 1. The molecule has 0 aliphatic carbocycles. The normalized spacial score (nSPS) is 21.2. The molecule has 1 aromatic carbocycles. The number of likely N-dealkylation sites (tertiary alicyclic amines) is 1. The lowest BCUT2D eigenvalue weighted by Gasteiger charge is -2.38. The van der Waals surface area contributed by atoms with Crippen LogP contribution in [0.4, 0.5) is 0 Å². The van der Waals surface area contributed by atoms with Crippen LogP contribution in [0, 0.1) is 5.92 Å². The predicted molar refractivity (Wildman–Crippen MR) is 112 cm³/mol. The second-order valence-corrected chi connectivity index (χ2v) is 8.84. The van der Waals surface area contributed by atoms with Gasteiger partial charge in [-0.2, -0.15) is 4.68 Å². The monoisotopic (exact) mass is 416 g/mol. The number of piperidine rings is 1. The molecule has 1 aromatic heterocycles. The van der Waals surface area contributed by atoms with Crippen molar-refractivity contribution in [3.63, 3.8) is 0 Å². The summed E-state index contributed by atoms with van der Waals surface area (Å²) in [6.07, 6.45) is 3.00. The van der Waals surface area contributed by atoms with Crippen molar-refractivity contribution < 1.29 is 14.3 Å². The summed E-state index contributed by atoms with van der Waals surface area (Å²) >= 11 is 1.53. The quantitative estimate of drug-likeness (QED) is 0.714. The molecule has 2 atom stereocenters. The minimum Gasteiger partial charge on any atom is -0.493 e. The van der Waals surface area contributed by atoms with Crippen LogP contribution in [0.5, 0.6) is 11.5 Å². The van der Waals surface area contributed by atoms with Crippen LogP contribution >= 0.6 is 11.8 Å². The van der Waals surface area contributed by atoms with E-state index in [0.29, 0.717) is 28.4 Å². The van der Waals surface area contributed by atoms with Gasteiger partial charge in [-0.1, -0.05) is 31.7 Å². The zero-order valence-electron chi connectivity index (χ0n) is 17.4. The molecule has 0 spiro atoms. The molecular formula is C21H28N4O3S. The van der Waals surface area contributed by atoms with Crippen molar-refractivity contribution >= 4 is 17.7 Å². The highest BCUT2D eigenvalue weighted by molar-refractivity contribution is 8.00. The van der Waals surface area contributed by atoms with Crippen molar-refractivity contribution in [2.45, 2.75) is 49.6 Å². The van der Waals surface area contributed by atoms with Crippen LogP contribution in [-0.4, -0.2) is 58.1 Å². The first-order valence-corrected chi connectivity index (χ1v) is 11.1. The fraction of sp³-hybridized carbons (Fsp3) is 0.571. The Labute approximate surface area is 175 Å². The summed E-state index contributed by atoms with van der Waals surface area (Å²) in [6.45, 7) is 6.24. The van der Waals surface area contributed by atoms with Crippen molar-refractivity contribution in [3.8, 4) is 11.5 Å². The van der Waals surface area contributed by atoms with Crippen molar-refractivity contribution in [1.82, 2.24) is 19.7 Å². The second kappa shape index (κ2) is 8.36. The van der Waals surface area contributed by atoms with E-state index in [4.69, 9.17) is 9.47 Å². The predicted octanol–water partition coefficient (Wildman–Crippen LogP) is 3.45. The maximum atomic E-state index is 13.3. The third-order valence-electron chi connectivity index (χ3n) is 5.87. The van der Waals surface area contributed by atoms with E-state index in [1.807, 2.05) is 25.1 Å². The number of benzene rings is 1. The Morgan fingerprint density at radius 1 is 1.21 bits per heavy atom. The lowest BCUT2D eigenvalue weighted by Crippen LogP contribution is -2.42. The smallest absolute Gasteiger partial charge is 0.264 e. The van der Waals surface area contributed by atoms with E-state index in [0.717, 1.165) is 37.9 Å². The van der Waals surface area contributed by atoms with E-state index < -0.39 is 0 Å². The van der Waals surface area contributed by atoms with Gasteiger partial charge in [0, 0.05) is 6.42 Å². The Morgan fingerprint density at radius 3 is 2.55 bits per heavy atom. The summed E-state index contributed by atoms with van der Waals surface area (Å²) in [6, 6.07) is 5.91. The van der Waals surface area contributed by atoms with E-state index >= 15 is 0 Å². The molecular weight excluding hydrogens is 388 g/mol. The first-order chi connectivity index (χ1) is 14.0. The zero-order chi connectivity index (χ0) is 20.5. The molecule has 2 aliphatic heterocycles. The van der Waals surface area contributed by atoms with Crippen molar-refractivity contribution in [2.75, 3.05) is 27.3 Å². The highest BCUT2D eigenvalue weighted by Crippen LogP contribution is 2.43. The summed E-state index contributed by atoms with van der Waals surface area (Å²) < 4.78 is 12.4. The SMILES string of the molecule is CCc1nc2n(n1)C(=O)C(C(c1ccc(OC)c(OC)c1)N1CCC(C)CC1)S2. The van der Waals surface area contributed by atoms with E-state index in [2.05, 4.69) is 21.9 Å². The molecule has 7 nitrogen and oxygen atoms in total. The highest BCUT2D eigenvalue weighted by Gasteiger charge is 2.43. The Kier molecular flexibility index (Phi) is 5.83. The molecule has 2 unspecified atom stereocenters. The number of methoxy groups -OCH3 is 2. The maximum Gasteiger partial charge on any atom is 0.264 e. The van der Waals surface area contributed by atoms with Gasteiger partial charge in [0.1, 0.15) is 5.25 Å². The van der Waals surface area contributed by atoms with Gasteiger partial charge < -0.3 is 9.47 Å². The molecule has 0 N–H and O–H groups in total. The number of fused-ring (bicyclic) bond motifs is 1. The Morgan fingerprint density at radius 2 is 1.93 bits per heavy atom. The van der Waals surface area contributed by atoms with Gasteiger partial charge in [-0.15, -0.1) is 5.10 Å². The van der Waals surface area contributed by atoms with E-state index in [1.54, 1.807) is 14.2 Å². The van der Waals surface area contributed by atoms with Gasteiger partial charge in [-0.3, -0.25) is 9.69 Å². The van der Waals surface area contributed by atoms with Gasteiger partial charge in [0.15, 0.2) is 22.5 Å². The van der Waals surface area contributed by atoms with Gasteiger partial charge in [0.2, 0.25) is 0 Å². The van der Waals surface area contributed by atoms with Crippen LogP contribution in [-0.2, 0) is 6.42 Å². The number of rotatable bonds is 6. The molecule has 3 heterocycles. The van der Waals surface area contributed by atoms with Gasteiger partial charge in [-0.05, 0) is 49.5 Å². The van der Waals surface area contributed by atoms with Crippen LogP contribution in [0.3, 0.4) is 0 Å². The van der Waals surface area contributed by atoms with Gasteiger partial charge in [0.05, 0.1) is 20.3 Å². The lowest BCUT2D eigenvalue weighted by molar-refractivity contribution is 0.0799. The number of ether oxygens (including phenoxy) is 2. The molecule has 0 radical (unpaired) electrons. The zero-order valence-corrected chi connectivity index (χ0v) is 18.2. The number of carbonyl (C=O) groups excluding carboxylic acids is 1. The van der Waals surface area contributed by atoms with Crippen LogP contribution in [0.2, 0.25) is 0 Å². The molecule has 0 bridgehead atoms. The molecule has 29 heavy (non-hydrogen) atoms. The number of aryl methyl sites for hydroxylation is 1. The Balaban J connectivity index is 1.70. The molecule has 2 aromatic rings. The standard InChI is InChI=1S/C21H28N4O3S/c1-5-17-22-21-25(23-17)20(26)19(29-21)18(24-10-8-13(2)9-11-24)14-6-7-15(27-3)16(12-14)28-4/h6-7,12-13,18-19H,5,8-11H2,1-4H3. The van der Waals surface area contributed by atoms with Crippen LogP contribution < -0.4 is 9.47 Å². The first kappa shape index (κ1) is 20.2. The Bertz CT molecular complexity index is 892. The molecule has 1 saturated heterocycles. The topological polar surface area (TPSA) is 69.5 Å². The molecule has 4 rings (SSSR count). The minimum atomic E-state index is -0.276. The summed E-state index contributed by atoms with van der Waals surface area (Å²) in [5.41, 5.74) is 1.06.